The van der Waals surface area contributed by atoms with Crippen LogP contribution in [0.5, 0.6) is 0 Å². The molecule has 49 heavy (non-hydrogen) atoms. The molecule has 3 rings (SSSR count). The highest BCUT2D eigenvalue weighted by molar-refractivity contribution is 6.02. The van der Waals surface area contributed by atoms with E-state index in [0.29, 0.717) is 15.5 Å². The molecule has 0 radical (unpaired) electrons. The molecule has 5 amide bonds. The van der Waals surface area contributed by atoms with Gasteiger partial charge < -0.3 is 19.5 Å². The number of nitrogens with zero attached hydrogens (tertiary/aromatic N) is 5. The van der Waals surface area contributed by atoms with E-state index in [1.54, 1.807) is 0 Å². The van der Waals surface area contributed by atoms with Crippen LogP contribution in [0.25, 0.3) is 0 Å². The van der Waals surface area contributed by atoms with E-state index in [4.69, 9.17) is 4.84 Å². The van der Waals surface area contributed by atoms with Crippen molar-refractivity contribution in [3.8, 4) is 0 Å². The lowest BCUT2D eigenvalue weighted by Gasteiger charge is -2.32. The van der Waals surface area contributed by atoms with Crippen LogP contribution >= 0.6 is 0 Å². The molecule has 0 saturated carbocycles. The van der Waals surface area contributed by atoms with Gasteiger partial charge in [-0.2, -0.15) is 39.5 Å². The third-order valence-corrected chi connectivity index (χ3v) is 7.45. The third kappa shape index (κ3) is 11.0. The fraction of sp³-hybridized carbons (Fsp3) is 0.571. The second-order valence-corrected chi connectivity index (χ2v) is 11.0. The summed E-state index contributed by atoms with van der Waals surface area (Å²) in [5, 5.41) is 0.337. The smallest absolute Gasteiger partial charge is 0.334 e. The van der Waals surface area contributed by atoms with Gasteiger partial charge in [-0.05, 0) is 30.5 Å². The summed E-state index contributed by atoms with van der Waals surface area (Å²) in [7, 11) is 0. The Kier molecular flexibility index (Phi) is 12.6. The van der Waals surface area contributed by atoms with E-state index in [9.17, 15) is 68.3 Å². The van der Waals surface area contributed by atoms with E-state index in [1.165, 1.54) is 29.2 Å². The number of imide groups is 1. The van der Waals surface area contributed by atoms with Crippen molar-refractivity contribution in [3.05, 3.63) is 35.4 Å². The highest BCUT2D eigenvalue weighted by Gasteiger charge is 2.45. The zero-order valence-electron chi connectivity index (χ0n) is 25.5. The molecule has 2 aliphatic rings. The molecule has 2 saturated heterocycles. The zero-order valence-corrected chi connectivity index (χ0v) is 25.5. The Balaban J connectivity index is 1.82. The summed E-state index contributed by atoms with van der Waals surface area (Å²) >= 11 is 0. The van der Waals surface area contributed by atoms with Crippen molar-refractivity contribution in [2.45, 2.75) is 50.8 Å². The van der Waals surface area contributed by atoms with E-state index < -0.39 is 99.7 Å². The van der Waals surface area contributed by atoms with Crippen LogP contribution < -0.4 is 0 Å². The first kappa shape index (κ1) is 39.0. The van der Waals surface area contributed by atoms with Crippen LogP contribution in [0.3, 0.4) is 0 Å². The molecule has 0 bridgehead atoms. The van der Waals surface area contributed by atoms with Crippen LogP contribution in [0.1, 0.15) is 41.6 Å². The van der Waals surface area contributed by atoms with E-state index in [0.717, 1.165) is 0 Å². The number of hydroxylamine groups is 2. The number of amides is 5. The molecular formula is C28H30F9N5O7. The predicted octanol–water partition coefficient (Wildman–Crippen LogP) is 2.68. The summed E-state index contributed by atoms with van der Waals surface area (Å²) in [6.45, 7) is -5.51. The molecule has 0 aliphatic carbocycles. The minimum atomic E-state index is -5.48. The standard InChI is InChI=1S/C28H30F9N5O7/c29-26(30,31)23(46)39-11-2-12-41(25(48)28(35,36)37)16-15-40(24(47)27(32,33)34)10-1-9-38(13-14-39)17-18-3-5-19(6-4-18)22(45)49-42-20(43)7-8-21(42)44/h3-6H,1-2,7-17H2. The average Bonchev–Trinajstić information content (AvgIpc) is 3.32. The quantitative estimate of drug-likeness (QED) is 0.344. The summed E-state index contributed by atoms with van der Waals surface area (Å²) in [6.07, 6.45) is -17.4. The maximum absolute atomic E-state index is 13.4. The Morgan fingerprint density at radius 3 is 1.37 bits per heavy atom. The number of carbonyl (C=O) groups excluding carboxylic acids is 6. The van der Waals surface area contributed by atoms with Crippen molar-refractivity contribution >= 4 is 35.5 Å². The van der Waals surface area contributed by atoms with Gasteiger partial charge in [-0.15, -0.1) is 5.06 Å². The van der Waals surface area contributed by atoms with Crippen molar-refractivity contribution in [3.63, 3.8) is 0 Å². The van der Waals surface area contributed by atoms with Crippen LogP contribution in [0.4, 0.5) is 39.5 Å². The fourth-order valence-corrected chi connectivity index (χ4v) is 4.99. The lowest BCUT2D eigenvalue weighted by molar-refractivity contribution is -0.189. The number of rotatable bonds is 4. The maximum atomic E-state index is 13.4. The summed E-state index contributed by atoms with van der Waals surface area (Å²) < 4.78 is 120. The molecule has 2 fully saturated rings. The average molecular weight is 720 g/mol. The van der Waals surface area contributed by atoms with E-state index in [2.05, 4.69) is 0 Å². The predicted molar refractivity (Wildman–Crippen MR) is 145 cm³/mol. The minimum Gasteiger partial charge on any atom is -0.334 e. The summed E-state index contributed by atoms with van der Waals surface area (Å²) in [4.78, 5) is 78.9. The van der Waals surface area contributed by atoms with Gasteiger partial charge in [0.1, 0.15) is 0 Å². The van der Waals surface area contributed by atoms with Gasteiger partial charge in [0.05, 0.1) is 5.56 Å². The largest absolute Gasteiger partial charge is 0.471 e. The first-order chi connectivity index (χ1) is 22.7. The lowest BCUT2D eigenvalue weighted by atomic mass is 10.1. The summed E-state index contributed by atoms with van der Waals surface area (Å²) in [5.74, 6) is -9.61. The monoisotopic (exact) mass is 719 g/mol. The Hall–Kier alpha value is -4.43. The number of hydrogen-bond acceptors (Lipinski definition) is 8. The second-order valence-electron chi connectivity index (χ2n) is 11.0. The SMILES string of the molecule is O=C(ON1C(=O)CCC1=O)c1ccc(CN2CCCN(C(=O)C(F)(F)F)CCN(C(=O)C(F)(F)F)CCCN(C(=O)C(F)(F)F)CC2)cc1. The number of carbonyl (C=O) groups is 6. The van der Waals surface area contributed by atoms with E-state index >= 15 is 0 Å². The topological polar surface area (TPSA) is 128 Å². The van der Waals surface area contributed by atoms with Gasteiger partial charge in [-0.25, -0.2) is 4.79 Å². The molecular weight excluding hydrogens is 689 g/mol. The maximum Gasteiger partial charge on any atom is 0.471 e. The van der Waals surface area contributed by atoms with Crippen LogP contribution in [-0.2, 0) is 35.4 Å². The van der Waals surface area contributed by atoms with Gasteiger partial charge in [-0.1, -0.05) is 12.1 Å². The molecule has 12 nitrogen and oxygen atoms in total. The summed E-state index contributed by atoms with van der Waals surface area (Å²) in [5.41, 5.74) is 0.336. The number of benzene rings is 1. The normalized spacial score (nSPS) is 18.4. The van der Waals surface area contributed by atoms with Crippen molar-refractivity contribution < 1.29 is 73.1 Å². The van der Waals surface area contributed by atoms with Gasteiger partial charge in [0.15, 0.2) is 0 Å². The van der Waals surface area contributed by atoms with Crippen LogP contribution in [0.15, 0.2) is 24.3 Å². The van der Waals surface area contributed by atoms with E-state index in [-0.39, 0.29) is 54.3 Å². The number of halogens is 9. The highest BCUT2D eigenvalue weighted by atomic mass is 19.4. The molecule has 2 heterocycles. The van der Waals surface area contributed by atoms with Gasteiger partial charge in [-0.3, -0.25) is 28.9 Å². The highest BCUT2D eigenvalue weighted by Crippen LogP contribution is 2.23. The second kappa shape index (κ2) is 15.9. The lowest BCUT2D eigenvalue weighted by Crippen LogP contribution is -2.50. The van der Waals surface area contributed by atoms with Crippen molar-refractivity contribution in [1.82, 2.24) is 24.7 Å². The molecule has 21 heteroatoms. The Morgan fingerprint density at radius 2 is 0.959 bits per heavy atom. The fourth-order valence-electron chi connectivity index (χ4n) is 4.99. The zero-order chi connectivity index (χ0) is 36.7. The first-order valence-electron chi connectivity index (χ1n) is 14.7. The van der Waals surface area contributed by atoms with Gasteiger partial charge >= 0.3 is 42.2 Å². The molecule has 0 atom stereocenters. The molecule has 272 valence electrons. The van der Waals surface area contributed by atoms with Gasteiger partial charge in [0.2, 0.25) is 0 Å². The van der Waals surface area contributed by atoms with Crippen molar-refractivity contribution in [2.24, 2.45) is 0 Å². The molecule has 0 unspecified atom stereocenters. The molecule has 0 N–H and O–H groups in total. The third-order valence-electron chi connectivity index (χ3n) is 7.45. The first-order valence-corrected chi connectivity index (χ1v) is 14.7. The number of alkyl halides is 9. The minimum absolute atomic E-state index is 0.0747. The molecule has 2 aliphatic heterocycles. The Bertz CT molecular complexity index is 1380. The Morgan fingerprint density at radius 1 is 0.571 bits per heavy atom. The Labute approximate surface area is 272 Å². The summed E-state index contributed by atoms with van der Waals surface area (Å²) in [6, 6.07) is 5.29. The molecule has 0 aromatic heterocycles. The number of hydrogen-bond donors (Lipinski definition) is 0. The van der Waals surface area contributed by atoms with E-state index in [1.807, 2.05) is 0 Å². The van der Waals surface area contributed by atoms with Crippen LogP contribution in [-0.4, -0.2) is 131 Å². The van der Waals surface area contributed by atoms with Gasteiger partial charge in [0, 0.05) is 71.7 Å². The molecule has 1 aromatic rings. The molecule has 0 spiro atoms. The van der Waals surface area contributed by atoms with Gasteiger partial charge in [0.25, 0.3) is 11.8 Å². The molecule has 1 aromatic carbocycles. The van der Waals surface area contributed by atoms with Crippen LogP contribution in [0, 0.1) is 0 Å². The van der Waals surface area contributed by atoms with Crippen molar-refractivity contribution in [1.29, 1.82) is 0 Å². The van der Waals surface area contributed by atoms with Crippen LogP contribution in [0.2, 0.25) is 0 Å². The van der Waals surface area contributed by atoms with Crippen molar-refractivity contribution in [2.75, 3.05) is 52.4 Å².